The van der Waals surface area contributed by atoms with E-state index in [1.165, 1.54) is 0 Å². The standard InChI is InChI=1S/H10O3Si4.Pt/c4-1-6-3-7-2-5;/h6-7H2,4-5H3;. The first-order valence-corrected chi connectivity index (χ1v) is 5.91. The van der Waals surface area contributed by atoms with E-state index in [2.05, 4.69) is 0 Å². The summed E-state index contributed by atoms with van der Waals surface area (Å²) in [5.74, 6) is 0. The zero-order valence-corrected chi connectivity index (χ0v) is 14.1. The largest absolute Gasteiger partial charge is 0.449 e. The van der Waals surface area contributed by atoms with Crippen LogP contribution in [-0.4, -0.2) is 41.0 Å². The third-order valence-corrected chi connectivity index (χ3v) is 3.62. The van der Waals surface area contributed by atoms with Gasteiger partial charge in [0, 0.05) is 21.1 Å². The molecule has 0 aromatic carbocycles. The molecule has 0 amide bonds. The predicted molar refractivity (Wildman–Crippen MR) is 40.2 cm³/mol. The molecule has 0 bridgehead atoms. The third-order valence-electron chi connectivity index (χ3n) is 0.402. The molecule has 3 nitrogen and oxygen atoms in total. The maximum atomic E-state index is 5.03. The quantitative estimate of drug-likeness (QED) is 0.372. The SMILES string of the molecule is [Pt].[SiH3]O[SiH2]O[SiH2]O[SiH3]. The van der Waals surface area contributed by atoms with E-state index in [9.17, 15) is 0 Å². The number of hydrogen-bond acceptors (Lipinski definition) is 3. The van der Waals surface area contributed by atoms with Gasteiger partial charge in [-0.2, -0.15) is 0 Å². The molecule has 0 aromatic heterocycles. The molecule has 0 aliphatic heterocycles. The number of hydrogen-bond donors (Lipinski definition) is 0. The monoisotopic (exact) mass is 365 g/mol. The van der Waals surface area contributed by atoms with Gasteiger partial charge in [0.1, 0.15) is 21.0 Å². The van der Waals surface area contributed by atoms with E-state index in [0.29, 0.717) is 0 Å². The molecule has 54 valence electrons. The summed E-state index contributed by atoms with van der Waals surface area (Å²) in [6, 6.07) is 0. The minimum Gasteiger partial charge on any atom is -0.449 e. The van der Waals surface area contributed by atoms with Gasteiger partial charge >= 0.3 is 0 Å². The Balaban J connectivity index is 0. The summed E-state index contributed by atoms with van der Waals surface area (Å²) in [4.78, 5) is 0. The van der Waals surface area contributed by atoms with Gasteiger partial charge in [-0.15, -0.1) is 0 Å². The van der Waals surface area contributed by atoms with Gasteiger partial charge in [-0.3, -0.25) is 0 Å². The Kier molecular flexibility index (Phi) is 17.1. The first kappa shape index (κ1) is 12.1. The molecule has 8 heavy (non-hydrogen) atoms. The summed E-state index contributed by atoms with van der Waals surface area (Å²) in [7, 11) is 0.504. The van der Waals surface area contributed by atoms with Gasteiger partial charge in [0.15, 0.2) is 0 Å². The average Bonchev–Trinajstić information content (AvgIpc) is 1.69. The van der Waals surface area contributed by atoms with Crippen LogP contribution in [0.2, 0.25) is 0 Å². The van der Waals surface area contributed by atoms with Crippen molar-refractivity contribution >= 4 is 41.0 Å². The maximum Gasteiger partial charge on any atom is 0.284 e. The van der Waals surface area contributed by atoms with Gasteiger partial charge in [0.25, 0.3) is 20.0 Å². The van der Waals surface area contributed by atoms with Crippen LogP contribution in [0.15, 0.2) is 0 Å². The van der Waals surface area contributed by atoms with Gasteiger partial charge < -0.3 is 12.3 Å². The Hall–Kier alpha value is 1.44. The van der Waals surface area contributed by atoms with Crippen molar-refractivity contribution in [1.82, 2.24) is 0 Å². The molecule has 0 heterocycles. The maximum absolute atomic E-state index is 5.03. The second-order valence-electron chi connectivity index (χ2n) is 1.02. The molecule has 0 fully saturated rings. The molecule has 8 heteroatoms. The molecule has 0 spiro atoms. The van der Waals surface area contributed by atoms with Crippen molar-refractivity contribution < 1.29 is 33.4 Å². The van der Waals surface area contributed by atoms with Crippen LogP contribution in [0.3, 0.4) is 0 Å². The Morgan fingerprint density at radius 3 is 1.62 bits per heavy atom. The fourth-order valence-electron chi connectivity index (χ4n) is 0.201. The van der Waals surface area contributed by atoms with E-state index in [-0.39, 0.29) is 21.1 Å². The fourth-order valence-corrected chi connectivity index (χ4v) is 4.81. The van der Waals surface area contributed by atoms with E-state index in [1.807, 2.05) is 0 Å². The van der Waals surface area contributed by atoms with Crippen molar-refractivity contribution in [2.24, 2.45) is 0 Å². The van der Waals surface area contributed by atoms with Crippen LogP contribution in [0.1, 0.15) is 0 Å². The van der Waals surface area contributed by atoms with Crippen molar-refractivity contribution in [1.29, 1.82) is 0 Å². The van der Waals surface area contributed by atoms with Crippen LogP contribution < -0.4 is 0 Å². The first-order valence-electron chi connectivity index (χ1n) is 1.97. The van der Waals surface area contributed by atoms with Crippen LogP contribution in [0.25, 0.3) is 0 Å². The fraction of sp³-hybridized carbons (Fsp3) is 0. The predicted octanol–water partition coefficient (Wildman–Crippen LogP) is -4.41. The minimum absolute atomic E-state index is 0. The second-order valence-corrected chi connectivity index (χ2v) is 7.74. The molecule has 0 aromatic rings. The summed E-state index contributed by atoms with van der Waals surface area (Å²) in [5, 5.41) is 0. The van der Waals surface area contributed by atoms with Crippen molar-refractivity contribution in [3.63, 3.8) is 0 Å². The molecule has 0 saturated carbocycles. The van der Waals surface area contributed by atoms with Crippen LogP contribution in [0, 0.1) is 0 Å². The molecular formula is H10O3PtSi4. The Morgan fingerprint density at radius 1 is 1.00 bits per heavy atom. The second kappa shape index (κ2) is 11.3. The molecule has 0 radical (unpaired) electrons. The van der Waals surface area contributed by atoms with Crippen molar-refractivity contribution in [2.45, 2.75) is 0 Å². The molecule has 0 saturated heterocycles. The molecule has 0 rings (SSSR count). The molecule has 0 atom stereocenters. The van der Waals surface area contributed by atoms with Gasteiger partial charge in [0.2, 0.25) is 0 Å². The van der Waals surface area contributed by atoms with E-state index in [0.717, 1.165) is 21.0 Å². The smallest absolute Gasteiger partial charge is 0.284 e. The summed E-state index contributed by atoms with van der Waals surface area (Å²) >= 11 is 0. The molecular weight excluding hydrogens is 355 g/mol. The molecule has 0 unspecified atom stereocenters. The minimum atomic E-state index is -0.569. The normalized spacial score (nSPS) is 12.0. The Morgan fingerprint density at radius 2 is 1.38 bits per heavy atom. The summed E-state index contributed by atoms with van der Waals surface area (Å²) in [6.45, 7) is 0. The molecule has 0 aliphatic rings. The van der Waals surface area contributed by atoms with Crippen LogP contribution in [0.4, 0.5) is 0 Å². The average molecular weight is 365 g/mol. The van der Waals surface area contributed by atoms with Gasteiger partial charge in [-0.05, 0) is 0 Å². The summed E-state index contributed by atoms with van der Waals surface area (Å²) in [5.41, 5.74) is 0. The van der Waals surface area contributed by atoms with Crippen LogP contribution in [0.5, 0.6) is 0 Å². The summed E-state index contributed by atoms with van der Waals surface area (Å²) < 4.78 is 14.8. The molecule has 0 aliphatic carbocycles. The van der Waals surface area contributed by atoms with Gasteiger partial charge in [-0.1, -0.05) is 0 Å². The van der Waals surface area contributed by atoms with E-state index in [4.69, 9.17) is 12.3 Å². The zero-order chi connectivity index (χ0) is 5.54. The van der Waals surface area contributed by atoms with E-state index < -0.39 is 20.0 Å². The van der Waals surface area contributed by atoms with Crippen molar-refractivity contribution in [2.75, 3.05) is 0 Å². The van der Waals surface area contributed by atoms with Gasteiger partial charge in [0.05, 0.1) is 0 Å². The van der Waals surface area contributed by atoms with Crippen LogP contribution in [-0.2, 0) is 33.4 Å². The topological polar surface area (TPSA) is 27.7 Å². The summed E-state index contributed by atoms with van der Waals surface area (Å²) in [6.07, 6.45) is 0. The molecule has 0 N–H and O–H groups in total. The van der Waals surface area contributed by atoms with Crippen molar-refractivity contribution in [3.8, 4) is 0 Å². The number of rotatable bonds is 4. The third kappa shape index (κ3) is 10.4. The first-order chi connectivity index (χ1) is 3.41. The van der Waals surface area contributed by atoms with E-state index in [1.54, 1.807) is 0 Å². The van der Waals surface area contributed by atoms with Crippen molar-refractivity contribution in [3.05, 3.63) is 0 Å². The Bertz CT molecular complexity index is 30.5. The van der Waals surface area contributed by atoms with E-state index >= 15 is 0 Å². The van der Waals surface area contributed by atoms with Crippen LogP contribution >= 0.6 is 0 Å². The Labute approximate surface area is 74.3 Å². The van der Waals surface area contributed by atoms with Gasteiger partial charge in [-0.25, -0.2) is 0 Å². The zero-order valence-electron chi connectivity index (χ0n) is 4.96.